The van der Waals surface area contributed by atoms with E-state index in [1.807, 2.05) is 6.20 Å². The number of fused-ring (bicyclic) bond motifs is 1. The number of aromatic nitrogens is 3. The number of anilines is 1. The maximum atomic E-state index is 13.2. The van der Waals surface area contributed by atoms with Crippen molar-refractivity contribution >= 4 is 17.4 Å². The number of alkyl halides is 2. The summed E-state index contributed by atoms with van der Waals surface area (Å²) in [4.78, 5) is 21.7. The summed E-state index contributed by atoms with van der Waals surface area (Å²) in [7, 11) is 0. The summed E-state index contributed by atoms with van der Waals surface area (Å²) in [6.07, 6.45) is 3.47. The Kier molecular flexibility index (Phi) is 5.12. The molecule has 7 nitrogen and oxygen atoms in total. The fraction of sp³-hybridized carbons (Fsp3) is 0.458. The number of imidazole rings is 1. The van der Waals surface area contributed by atoms with Gasteiger partial charge in [0.1, 0.15) is 29.0 Å². The van der Waals surface area contributed by atoms with Crippen LogP contribution in [0.25, 0.3) is 5.65 Å². The minimum atomic E-state index is -2.73. The number of nitrogens with one attached hydrogen (secondary N) is 1. The van der Waals surface area contributed by atoms with E-state index < -0.39 is 18.0 Å². The standard InChI is InChI=1S/C24H26F2N4O3/c1-23(2,3)18-12-30-11-15(22(31)29-19-6-4-5-16(27-19)21(25)26)17(9-20(30)28-18)33-14-10-24(7-8-24)32-13-14/h4-6,9,11-12,14,21H,7-8,10,13H2,1-3H3,(H,27,29,31). The lowest BCUT2D eigenvalue weighted by Gasteiger charge is -2.16. The number of hydrogen-bond acceptors (Lipinski definition) is 5. The van der Waals surface area contributed by atoms with E-state index in [1.165, 1.54) is 18.2 Å². The normalized spacial score (nSPS) is 19.4. The number of nitrogens with zero attached hydrogens (tertiary/aromatic N) is 3. The third-order valence-electron chi connectivity index (χ3n) is 6.08. The molecule has 1 N–H and O–H groups in total. The first-order chi connectivity index (χ1) is 15.6. The van der Waals surface area contributed by atoms with Gasteiger partial charge in [0.15, 0.2) is 0 Å². The van der Waals surface area contributed by atoms with Crippen molar-refractivity contribution in [3.8, 4) is 5.75 Å². The summed E-state index contributed by atoms with van der Waals surface area (Å²) in [5.41, 5.74) is 1.15. The molecule has 0 aromatic carbocycles. The van der Waals surface area contributed by atoms with Crippen molar-refractivity contribution in [2.24, 2.45) is 0 Å². The zero-order chi connectivity index (χ0) is 23.4. The molecule has 1 aliphatic carbocycles. The molecule has 0 radical (unpaired) electrons. The fourth-order valence-corrected chi connectivity index (χ4v) is 4.02. The first-order valence-electron chi connectivity index (χ1n) is 11.0. The van der Waals surface area contributed by atoms with E-state index in [-0.39, 0.29) is 28.5 Å². The van der Waals surface area contributed by atoms with Gasteiger partial charge in [0.25, 0.3) is 12.3 Å². The van der Waals surface area contributed by atoms with Gasteiger partial charge in [-0.15, -0.1) is 0 Å². The van der Waals surface area contributed by atoms with E-state index in [1.54, 1.807) is 16.7 Å². The zero-order valence-corrected chi connectivity index (χ0v) is 18.8. The first kappa shape index (κ1) is 21.8. The van der Waals surface area contributed by atoms with Crippen LogP contribution in [0.1, 0.15) is 68.2 Å². The van der Waals surface area contributed by atoms with Gasteiger partial charge >= 0.3 is 0 Å². The molecule has 9 heteroatoms. The van der Waals surface area contributed by atoms with E-state index in [9.17, 15) is 13.6 Å². The molecular formula is C24H26F2N4O3. The highest BCUT2D eigenvalue weighted by Crippen LogP contribution is 2.48. The maximum Gasteiger partial charge on any atom is 0.280 e. The molecule has 1 aliphatic heterocycles. The van der Waals surface area contributed by atoms with Crippen LogP contribution in [0.5, 0.6) is 5.75 Å². The molecule has 1 unspecified atom stereocenters. The average molecular weight is 456 g/mol. The predicted octanol–water partition coefficient (Wildman–Crippen LogP) is 4.92. The molecule has 4 heterocycles. The van der Waals surface area contributed by atoms with Crippen LogP contribution < -0.4 is 10.1 Å². The Morgan fingerprint density at radius 1 is 1.27 bits per heavy atom. The van der Waals surface area contributed by atoms with Crippen molar-refractivity contribution in [2.45, 2.75) is 63.6 Å². The molecule has 2 fully saturated rings. The van der Waals surface area contributed by atoms with Crippen molar-refractivity contribution in [2.75, 3.05) is 11.9 Å². The molecule has 1 saturated heterocycles. The summed E-state index contributed by atoms with van der Waals surface area (Å²) in [6.45, 7) is 6.65. The molecule has 1 saturated carbocycles. The van der Waals surface area contributed by atoms with E-state index in [0.29, 0.717) is 18.0 Å². The number of pyridine rings is 2. The minimum absolute atomic E-state index is 0.0472. The molecule has 1 spiro atoms. The molecule has 3 aromatic rings. The molecule has 1 amide bonds. The van der Waals surface area contributed by atoms with Gasteiger partial charge in [0.05, 0.1) is 23.5 Å². The number of rotatable bonds is 5. The Labute approximate surface area is 190 Å². The van der Waals surface area contributed by atoms with Gasteiger partial charge in [0, 0.05) is 30.3 Å². The highest BCUT2D eigenvalue weighted by molar-refractivity contribution is 6.05. The lowest BCUT2D eigenvalue weighted by Crippen LogP contribution is -2.21. The minimum Gasteiger partial charge on any atom is -0.487 e. The van der Waals surface area contributed by atoms with Crippen LogP contribution in [0, 0.1) is 0 Å². The predicted molar refractivity (Wildman–Crippen MR) is 118 cm³/mol. The van der Waals surface area contributed by atoms with E-state index in [2.05, 4.69) is 31.1 Å². The summed E-state index contributed by atoms with van der Waals surface area (Å²) in [5, 5.41) is 2.62. The van der Waals surface area contributed by atoms with Gasteiger partial charge in [-0.2, -0.15) is 0 Å². The lowest BCUT2D eigenvalue weighted by atomic mass is 9.93. The van der Waals surface area contributed by atoms with E-state index in [4.69, 9.17) is 14.5 Å². The van der Waals surface area contributed by atoms with Crippen molar-refractivity contribution in [3.63, 3.8) is 0 Å². The molecule has 174 valence electrons. The third kappa shape index (κ3) is 4.42. The second-order valence-corrected chi connectivity index (χ2v) is 9.83. The Balaban J connectivity index is 1.49. The second-order valence-electron chi connectivity index (χ2n) is 9.83. The largest absolute Gasteiger partial charge is 0.487 e. The molecule has 5 rings (SSSR count). The number of hydrogen-bond donors (Lipinski definition) is 1. The SMILES string of the molecule is CC(C)(C)c1cn2cc(C(=O)Nc3cccc(C(F)F)n3)c(OC3COC4(CC4)C3)cc2n1. The average Bonchev–Trinajstić information content (AvgIpc) is 3.18. The number of carbonyl (C=O) groups is 1. The number of amides is 1. The quantitative estimate of drug-likeness (QED) is 0.590. The smallest absolute Gasteiger partial charge is 0.280 e. The van der Waals surface area contributed by atoms with Gasteiger partial charge in [-0.05, 0) is 25.0 Å². The highest BCUT2D eigenvalue weighted by atomic mass is 19.3. The number of halogens is 2. The lowest BCUT2D eigenvalue weighted by molar-refractivity contribution is 0.0781. The van der Waals surface area contributed by atoms with Crippen LogP contribution in [0.15, 0.2) is 36.7 Å². The van der Waals surface area contributed by atoms with Crippen molar-refractivity contribution in [3.05, 3.63) is 53.6 Å². The van der Waals surface area contributed by atoms with Crippen LogP contribution in [-0.2, 0) is 10.2 Å². The molecule has 2 aliphatic rings. The van der Waals surface area contributed by atoms with Gasteiger partial charge < -0.3 is 19.2 Å². The van der Waals surface area contributed by atoms with Gasteiger partial charge in [-0.25, -0.2) is 18.7 Å². The first-order valence-corrected chi connectivity index (χ1v) is 11.0. The summed E-state index contributed by atoms with van der Waals surface area (Å²) in [6, 6.07) is 5.86. The zero-order valence-electron chi connectivity index (χ0n) is 18.8. The molecule has 3 aromatic heterocycles. The monoisotopic (exact) mass is 456 g/mol. The van der Waals surface area contributed by atoms with Gasteiger partial charge in [-0.1, -0.05) is 26.8 Å². The highest BCUT2D eigenvalue weighted by Gasteiger charge is 2.51. The number of ether oxygens (including phenoxy) is 2. The Hall–Kier alpha value is -3.07. The van der Waals surface area contributed by atoms with E-state index >= 15 is 0 Å². The summed E-state index contributed by atoms with van der Waals surface area (Å²) in [5.74, 6) is -0.0785. The van der Waals surface area contributed by atoms with Gasteiger partial charge in [0.2, 0.25) is 0 Å². The van der Waals surface area contributed by atoms with Crippen molar-refractivity contribution in [1.82, 2.24) is 14.4 Å². The van der Waals surface area contributed by atoms with E-state index in [0.717, 1.165) is 25.0 Å². The van der Waals surface area contributed by atoms with Crippen molar-refractivity contribution < 1.29 is 23.0 Å². The Morgan fingerprint density at radius 2 is 2.06 bits per heavy atom. The molecular weight excluding hydrogens is 430 g/mol. The summed E-state index contributed by atoms with van der Waals surface area (Å²) >= 11 is 0. The summed E-state index contributed by atoms with van der Waals surface area (Å²) < 4.78 is 39.9. The number of carbonyl (C=O) groups excluding carboxylic acids is 1. The van der Waals surface area contributed by atoms with Crippen LogP contribution in [-0.4, -0.2) is 38.6 Å². The van der Waals surface area contributed by atoms with Gasteiger partial charge in [-0.3, -0.25) is 4.79 Å². The van der Waals surface area contributed by atoms with Crippen LogP contribution >= 0.6 is 0 Å². The van der Waals surface area contributed by atoms with Crippen molar-refractivity contribution in [1.29, 1.82) is 0 Å². The van der Waals surface area contributed by atoms with Crippen LogP contribution in [0.4, 0.5) is 14.6 Å². The second kappa shape index (κ2) is 7.76. The maximum absolute atomic E-state index is 13.2. The topological polar surface area (TPSA) is 77.8 Å². The fourth-order valence-electron chi connectivity index (χ4n) is 4.02. The molecule has 0 bridgehead atoms. The molecule has 33 heavy (non-hydrogen) atoms. The van der Waals surface area contributed by atoms with Crippen LogP contribution in [0.2, 0.25) is 0 Å². The third-order valence-corrected chi connectivity index (χ3v) is 6.08. The molecule has 1 atom stereocenters. The van der Waals surface area contributed by atoms with Crippen LogP contribution in [0.3, 0.4) is 0 Å². The Morgan fingerprint density at radius 3 is 2.73 bits per heavy atom. The Bertz CT molecular complexity index is 1210.